The van der Waals surface area contributed by atoms with Crippen LogP contribution in [0.25, 0.3) is 0 Å². The topological polar surface area (TPSA) is 84.4 Å². The van der Waals surface area contributed by atoms with Gasteiger partial charge in [0.15, 0.2) is 0 Å². The van der Waals surface area contributed by atoms with Crippen LogP contribution < -0.4 is 11.3 Å². The second-order valence-electron chi connectivity index (χ2n) is 4.98. The van der Waals surface area contributed by atoms with Gasteiger partial charge < -0.3 is 5.43 Å². The van der Waals surface area contributed by atoms with Crippen molar-refractivity contribution in [2.75, 3.05) is 18.5 Å². The van der Waals surface area contributed by atoms with Crippen molar-refractivity contribution in [3.05, 3.63) is 33.9 Å². The van der Waals surface area contributed by atoms with Gasteiger partial charge in [-0.1, -0.05) is 19.1 Å². The molecule has 0 amide bonds. The third-order valence-corrected chi connectivity index (χ3v) is 3.52. The monoisotopic (exact) mass is 264 g/mol. The number of nitrogens with zero attached hydrogens (tertiary/aromatic N) is 2. The third kappa shape index (κ3) is 3.42. The molecule has 0 aliphatic heterocycles. The Labute approximate surface area is 112 Å². The van der Waals surface area contributed by atoms with Crippen LogP contribution in [0, 0.1) is 16.0 Å². The zero-order chi connectivity index (χ0) is 13.8. The minimum Gasteiger partial charge on any atom is -0.318 e. The van der Waals surface area contributed by atoms with Crippen LogP contribution in [0.2, 0.25) is 0 Å². The predicted octanol–water partition coefficient (Wildman–Crippen LogP) is 2.11. The lowest BCUT2D eigenvalue weighted by molar-refractivity contribution is -0.384. The first kappa shape index (κ1) is 13.8. The largest absolute Gasteiger partial charge is 0.318 e. The van der Waals surface area contributed by atoms with E-state index < -0.39 is 4.92 Å². The maximum absolute atomic E-state index is 11.0. The standard InChI is InChI=1S/C13H20N4O2/c1-2-16(8-10-6-7-10)9-11-4-3-5-12(17(18)19)13(11)15-14/h3-5,10,15H,2,6-9,14H2,1H3. The number of rotatable bonds is 7. The quantitative estimate of drug-likeness (QED) is 0.447. The van der Waals surface area contributed by atoms with Crippen LogP contribution in [-0.4, -0.2) is 22.9 Å². The smallest absolute Gasteiger partial charge is 0.293 e. The van der Waals surface area contributed by atoms with Gasteiger partial charge in [-0.3, -0.25) is 20.9 Å². The maximum Gasteiger partial charge on any atom is 0.293 e. The first-order valence-corrected chi connectivity index (χ1v) is 6.61. The molecule has 3 N–H and O–H groups in total. The summed E-state index contributed by atoms with van der Waals surface area (Å²) in [6, 6.07) is 5.06. The van der Waals surface area contributed by atoms with Crippen LogP contribution in [0.4, 0.5) is 11.4 Å². The molecule has 0 atom stereocenters. The van der Waals surface area contributed by atoms with E-state index in [9.17, 15) is 10.1 Å². The molecule has 1 fully saturated rings. The van der Waals surface area contributed by atoms with Crippen molar-refractivity contribution in [1.29, 1.82) is 0 Å². The molecule has 19 heavy (non-hydrogen) atoms. The minimum absolute atomic E-state index is 0.0301. The molecule has 6 nitrogen and oxygen atoms in total. The summed E-state index contributed by atoms with van der Waals surface area (Å²) in [5.74, 6) is 6.25. The van der Waals surface area contributed by atoms with Crippen LogP contribution in [0.15, 0.2) is 18.2 Å². The first-order valence-electron chi connectivity index (χ1n) is 6.61. The highest BCUT2D eigenvalue weighted by molar-refractivity contribution is 5.65. The van der Waals surface area contributed by atoms with Gasteiger partial charge in [0, 0.05) is 19.2 Å². The summed E-state index contributed by atoms with van der Waals surface area (Å²) in [5, 5.41) is 11.0. The summed E-state index contributed by atoms with van der Waals surface area (Å²) in [6.45, 7) is 4.79. The second-order valence-corrected chi connectivity index (χ2v) is 4.98. The lowest BCUT2D eigenvalue weighted by Crippen LogP contribution is -2.26. The molecule has 0 spiro atoms. The number of nitro benzene ring substituents is 1. The Morgan fingerprint density at radius 2 is 2.26 bits per heavy atom. The number of hydrogen-bond donors (Lipinski definition) is 2. The molecule has 1 aromatic rings. The van der Waals surface area contributed by atoms with E-state index >= 15 is 0 Å². The predicted molar refractivity (Wildman–Crippen MR) is 74.6 cm³/mol. The molecular weight excluding hydrogens is 244 g/mol. The van der Waals surface area contributed by atoms with Crippen molar-refractivity contribution in [2.45, 2.75) is 26.3 Å². The van der Waals surface area contributed by atoms with Gasteiger partial charge in [0.1, 0.15) is 5.69 Å². The summed E-state index contributed by atoms with van der Waals surface area (Å²) in [5.41, 5.74) is 3.80. The summed E-state index contributed by atoms with van der Waals surface area (Å²) < 4.78 is 0. The van der Waals surface area contributed by atoms with Crippen LogP contribution in [0.1, 0.15) is 25.3 Å². The number of hydrogen-bond acceptors (Lipinski definition) is 5. The van der Waals surface area contributed by atoms with Crippen molar-refractivity contribution in [1.82, 2.24) is 4.90 Å². The molecule has 6 heteroatoms. The second kappa shape index (κ2) is 5.99. The van der Waals surface area contributed by atoms with Crippen molar-refractivity contribution >= 4 is 11.4 Å². The van der Waals surface area contributed by atoms with E-state index in [4.69, 9.17) is 5.84 Å². The molecule has 0 bridgehead atoms. The van der Waals surface area contributed by atoms with Gasteiger partial charge in [-0.05, 0) is 30.9 Å². The zero-order valence-corrected chi connectivity index (χ0v) is 11.1. The minimum atomic E-state index is -0.407. The van der Waals surface area contributed by atoms with Gasteiger partial charge >= 0.3 is 0 Å². The summed E-state index contributed by atoms with van der Waals surface area (Å²) in [7, 11) is 0. The first-order chi connectivity index (χ1) is 9.15. The van der Waals surface area contributed by atoms with E-state index in [2.05, 4.69) is 17.2 Å². The Bertz CT molecular complexity index is 460. The lowest BCUT2D eigenvalue weighted by atomic mass is 10.1. The molecule has 1 aliphatic carbocycles. The average Bonchev–Trinajstić information content (AvgIpc) is 3.21. The fraction of sp³-hybridized carbons (Fsp3) is 0.538. The van der Waals surface area contributed by atoms with E-state index in [0.717, 1.165) is 24.6 Å². The third-order valence-electron chi connectivity index (χ3n) is 3.52. The van der Waals surface area contributed by atoms with E-state index in [1.54, 1.807) is 6.07 Å². The Morgan fingerprint density at radius 3 is 2.79 bits per heavy atom. The van der Waals surface area contributed by atoms with Crippen molar-refractivity contribution in [3.63, 3.8) is 0 Å². The van der Waals surface area contributed by atoms with Gasteiger partial charge in [-0.25, -0.2) is 0 Å². The molecule has 1 aromatic carbocycles. The molecule has 1 saturated carbocycles. The summed E-state index contributed by atoms with van der Waals surface area (Å²) in [4.78, 5) is 12.9. The van der Waals surface area contributed by atoms with Gasteiger partial charge in [0.25, 0.3) is 5.69 Å². The molecule has 0 saturated heterocycles. The highest BCUT2D eigenvalue weighted by Crippen LogP contribution is 2.32. The lowest BCUT2D eigenvalue weighted by Gasteiger charge is -2.21. The summed E-state index contributed by atoms with van der Waals surface area (Å²) >= 11 is 0. The van der Waals surface area contributed by atoms with Crippen LogP contribution in [-0.2, 0) is 6.54 Å². The number of nitrogens with one attached hydrogen (secondary N) is 1. The molecule has 2 rings (SSSR count). The fourth-order valence-electron chi connectivity index (χ4n) is 2.25. The number of nitrogens with two attached hydrogens (primary N) is 1. The zero-order valence-electron chi connectivity index (χ0n) is 11.1. The Kier molecular flexibility index (Phi) is 4.34. The number of hydrazine groups is 1. The van der Waals surface area contributed by atoms with Crippen molar-refractivity contribution in [2.24, 2.45) is 11.8 Å². The Morgan fingerprint density at radius 1 is 1.53 bits per heavy atom. The van der Waals surface area contributed by atoms with Crippen LogP contribution in [0.3, 0.4) is 0 Å². The molecule has 0 unspecified atom stereocenters. The summed E-state index contributed by atoms with van der Waals surface area (Å²) in [6.07, 6.45) is 2.60. The van der Waals surface area contributed by atoms with Crippen LogP contribution in [0.5, 0.6) is 0 Å². The fourth-order valence-corrected chi connectivity index (χ4v) is 2.25. The molecule has 0 radical (unpaired) electrons. The molecule has 0 aromatic heterocycles. The molecule has 104 valence electrons. The van der Waals surface area contributed by atoms with Crippen molar-refractivity contribution < 1.29 is 4.92 Å². The van der Waals surface area contributed by atoms with E-state index in [1.807, 2.05) is 6.07 Å². The maximum atomic E-state index is 11.0. The van der Waals surface area contributed by atoms with E-state index in [1.165, 1.54) is 18.9 Å². The molecule has 1 aliphatic rings. The Balaban J connectivity index is 2.17. The number of nitro groups is 1. The number of anilines is 1. The normalized spacial score (nSPS) is 14.7. The van der Waals surface area contributed by atoms with E-state index in [0.29, 0.717) is 12.2 Å². The van der Waals surface area contributed by atoms with Gasteiger partial charge in [-0.15, -0.1) is 0 Å². The SMILES string of the molecule is CCN(Cc1cccc([N+](=O)[O-])c1NN)CC1CC1. The number of nitrogen functional groups attached to an aromatic ring is 1. The van der Waals surface area contributed by atoms with Gasteiger partial charge in [-0.2, -0.15) is 0 Å². The van der Waals surface area contributed by atoms with Gasteiger partial charge in [0.2, 0.25) is 0 Å². The number of para-hydroxylation sites is 1. The van der Waals surface area contributed by atoms with E-state index in [-0.39, 0.29) is 5.69 Å². The molecule has 0 heterocycles. The highest BCUT2D eigenvalue weighted by Gasteiger charge is 2.25. The highest BCUT2D eigenvalue weighted by atomic mass is 16.6. The Hall–Kier alpha value is -1.66. The molecular formula is C13H20N4O2. The number of benzene rings is 1. The van der Waals surface area contributed by atoms with Crippen LogP contribution >= 0.6 is 0 Å². The van der Waals surface area contributed by atoms with Gasteiger partial charge in [0.05, 0.1) is 4.92 Å². The average molecular weight is 264 g/mol. The van der Waals surface area contributed by atoms with Crippen molar-refractivity contribution in [3.8, 4) is 0 Å².